The number of likely N-dealkylation sites (N-methyl/N-ethyl adjacent to an activating group) is 1. The van der Waals surface area contributed by atoms with Crippen molar-refractivity contribution in [2.45, 2.75) is 88.9 Å². The molecule has 260 valence electrons. The maximum atomic E-state index is 14.6. The van der Waals surface area contributed by atoms with E-state index in [2.05, 4.69) is 26.1 Å². The Morgan fingerprint density at radius 2 is 1.86 bits per heavy atom. The van der Waals surface area contributed by atoms with Crippen LogP contribution in [0.25, 0.3) is 0 Å². The van der Waals surface area contributed by atoms with Crippen molar-refractivity contribution in [3.63, 3.8) is 0 Å². The van der Waals surface area contributed by atoms with E-state index in [-0.39, 0.29) is 36.6 Å². The Kier molecular flexibility index (Phi) is 9.54. The fourth-order valence-electron chi connectivity index (χ4n) is 6.93. The second kappa shape index (κ2) is 13.5. The first-order valence-electron chi connectivity index (χ1n) is 16.9. The molecule has 4 aliphatic rings. The Morgan fingerprint density at radius 1 is 1.08 bits per heavy atom. The number of oxime groups is 1. The number of ketones is 1. The number of amides is 4. The Labute approximate surface area is 290 Å². The molecular weight excluding hydrogens is 648 g/mol. The summed E-state index contributed by atoms with van der Waals surface area (Å²) in [5, 5.41) is 13.1. The Hall–Kier alpha value is -4.32. The Bertz CT molecular complexity index is 1670. The number of rotatable bonds is 11. The van der Waals surface area contributed by atoms with E-state index < -0.39 is 52.6 Å². The largest absolute Gasteiger partial charge is 0.387 e. The summed E-state index contributed by atoms with van der Waals surface area (Å²) in [5.74, 6) is -2.80. The second-order valence-corrected chi connectivity index (χ2v) is 15.3. The topological polar surface area (TPSA) is 159 Å². The number of Topliss-reactive ketones (excluding diaryl/α,β-unsaturated/α-hetero) is 1. The average molecular weight is 691 g/mol. The first-order valence-corrected chi connectivity index (χ1v) is 17.2. The van der Waals surface area contributed by atoms with Gasteiger partial charge in [0.1, 0.15) is 12.1 Å². The Morgan fingerprint density at radius 3 is 2.51 bits per heavy atom. The summed E-state index contributed by atoms with van der Waals surface area (Å²) in [6.07, 6.45) is 6.66. The molecule has 1 saturated heterocycles. The van der Waals surface area contributed by atoms with Crippen molar-refractivity contribution in [3.05, 3.63) is 64.9 Å². The third kappa shape index (κ3) is 7.64. The Balaban J connectivity index is 1.25. The molecule has 0 unspecified atom stereocenters. The first kappa shape index (κ1) is 34.5. The van der Waals surface area contributed by atoms with E-state index in [1.54, 1.807) is 24.5 Å². The van der Waals surface area contributed by atoms with Crippen LogP contribution in [0.4, 0.5) is 0 Å². The molecule has 6 rings (SSSR count). The van der Waals surface area contributed by atoms with Crippen LogP contribution in [0.5, 0.6) is 0 Å². The van der Waals surface area contributed by atoms with E-state index >= 15 is 0 Å². The van der Waals surface area contributed by atoms with Gasteiger partial charge in [0.15, 0.2) is 5.60 Å². The van der Waals surface area contributed by atoms with E-state index in [0.717, 1.165) is 24.0 Å². The van der Waals surface area contributed by atoms with E-state index in [1.807, 2.05) is 45.0 Å². The number of aromatic nitrogens is 1. The molecule has 2 saturated carbocycles. The van der Waals surface area contributed by atoms with Gasteiger partial charge in [0.05, 0.1) is 18.3 Å². The van der Waals surface area contributed by atoms with Gasteiger partial charge in [-0.3, -0.25) is 29.0 Å². The van der Waals surface area contributed by atoms with E-state index in [0.29, 0.717) is 30.0 Å². The smallest absolute Gasteiger partial charge is 0.289 e. The number of halogens is 1. The number of carbonyl (C=O) groups excluding carboxylic acids is 5. The molecule has 6 atom stereocenters. The maximum absolute atomic E-state index is 14.6. The number of carbonyl (C=O) groups is 5. The highest BCUT2D eigenvalue weighted by atomic mass is 35.5. The molecule has 2 aliphatic heterocycles. The summed E-state index contributed by atoms with van der Waals surface area (Å²) in [7, 11) is 1.37. The molecule has 3 heterocycles. The molecule has 2 aliphatic carbocycles. The van der Waals surface area contributed by atoms with Crippen LogP contribution in [0.2, 0.25) is 5.02 Å². The van der Waals surface area contributed by atoms with Gasteiger partial charge in [0, 0.05) is 48.8 Å². The molecule has 12 nitrogen and oxygen atoms in total. The van der Waals surface area contributed by atoms with Crippen LogP contribution in [0.1, 0.15) is 76.3 Å². The fraction of sp³-hybridized carbons (Fsp3) is 0.528. The van der Waals surface area contributed by atoms with Crippen molar-refractivity contribution < 1.29 is 28.8 Å². The predicted octanol–water partition coefficient (Wildman–Crippen LogP) is 3.13. The number of benzene rings is 1. The van der Waals surface area contributed by atoms with Crippen molar-refractivity contribution in [1.29, 1.82) is 0 Å². The molecule has 49 heavy (non-hydrogen) atoms. The number of nitrogens with zero attached hydrogens (tertiary/aromatic N) is 3. The minimum absolute atomic E-state index is 0.0215. The molecule has 1 spiro atoms. The minimum Gasteiger partial charge on any atom is -0.387 e. The first-order chi connectivity index (χ1) is 23.3. The zero-order valence-electron chi connectivity index (χ0n) is 28.2. The predicted molar refractivity (Wildman–Crippen MR) is 181 cm³/mol. The maximum Gasteiger partial charge on any atom is 0.289 e. The molecule has 3 N–H and O–H groups in total. The summed E-state index contributed by atoms with van der Waals surface area (Å²) < 4.78 is 0. The number of pyridine rings is 1. The van der Waals surface area contributed by atoms with Crippen molar-refractivity contribution >= 4 is 46.7 Å². The second-order valence-electron chi connectivity index (χ2n) is 14.9. The number of nitrogens with one attached hydrogen (secondary N) is 3. The molecule has 2 aromatic rings. The van der Waals surface area contributed by atoms with Crippen LogP contribution >= 0.6 is 11.6 Å². The highest BCUT2D eigenvalue weighted by molar-refractivity contribution is 6.38. The molecule has 1 aromatic heterocycles. The lowest BCUT2D eigenvalue weighted by molar-refractivity contribution is -0.145. The summed E-state index contributed by atoms with van der Waals surface area (Å²) in [5.41, 5.74) is 0.627. The standard InChI is InChI=1S/C36H43ClN6O6/c1-35(2,3)30(41-31(45)25-15-24(25)22-8-6-12-39-18-22)34(48)43-19-36(16-27(42-49-36)21-7-5-9-23(37)14-21)17-28(43)32(46)40-26(13-20-10-11-20)29(44)33(47)38-4/h5-9,12,14,18,20,24-26,28,30H,10-11,13,15-17,19H2,1-4H3,(H,38,47)(H,40,46)(H,41,45)/t24-,25+,26-,28-,30+,36+/m0/s1. The lowest BCUT2D eigenvalue weighted by Gasteiger charge is -2.35. The SMILES string of the molecule is CNC(=O)C(=O)[C@H](CC1CC1)NC(=O)[C@@H]1C[C@]2(CC(c3cccc(Cl)c3)=NO2)CN1C(=O)[C@@H](NC(=O)[C@@H]1C[C@H]1c1cccnc1)C(C)(C)C. The number of hydrogen-bond donors (Lipinski definition) is 3. The van der Waals surface area contributed by atoms with E-state index in [1.165, 1.54) is 11.9 Å². The summed E-state index contributed by atoms with van der Waals surface area (Å²) in [6.45, 7) is 5.62. The van der Waals surface area contributed by atoms with Gasteiger partial charge in [0.2, 0.25) is 23.5 Å². The zero-order chi connectivity index (χ0) is 35.1. The molecule has 3 fully saturated rings. The van der Waals surface area contributed by atoms with Crippen molar-refractivity contribution in [2.75, 3.05) is 13.6 Å². The minimum atomic E-state index is -1.05. The lowest BCUT2D eigenvalue weighted by Crippen LogP contribution is -2.59. The van der Waals surface area contributed by atoms with Gasteiger partial charge in [-0.1, -0.05) is 68.6 Å². The molecule has 1 aromatic carbocycles. The van der Waals surface area contributed by atoms with Gasteiger partial charge in [-0.2, -0.15) is 0 Å². The number of likely N-dealkylation sites (tertiary alicyclic amines) is 1. The lowest BCUT2D eigenvalue weighted by atomic mass is 9.85. The van der Waals surface area contributed by atoms with Crippen LogP contribution < -0.4 is 16.0 Å². The van der Waals surface area contributed by atoms with Gasteiger partial charge in [0.25, 0.3) is 5.91 Å². The van der Waals surface area contributed by atoms with Gasteiger partial charge < -0.3 is 25.7 Å². The molecular formula is C36H43ClN6O6. The fourth-order valence-corrected chi connectivity index (χ4v) is 7.12. The monoisotopic (exact) mass is 690 g/mol. The summed E-state index contributed by atoms with van der Waals surface area (Å²) >= 11 is 6.25. The van der Waals surface area contributed by atoms with Crippen LogP contribution in [0, 0.1) is 17.3 Å². The molecule has 13 heteroatoms. The summed E-state index contributed by atoms with van der Waals surface area (Å²) in [4.78, 5) is 79.4. The third-order valence-electron chi connectivity index (χ3n) is 9.97. The molecule has 4 amide bonds. The molecule has 0 radical (unpaired) electrons. The average Bonchev–Trinajstić information content (AvgIpc) is 4.00. The highest BCUT2D eigenvalue weighted by Gasteiger charge is 2.56. The molecule has 0 bridgehead atoms. The van der Waals surface area contributed by atoms with Crippen LogP contribution in [0.15, 0.2) is 53.9 Å². The van der Waals surface area contributed by atoms with Gasteiger partial charge in [-0.25, -0.2) is 0 Å². The summed E-state index contributed by atoms with van der Waals surface area (Å²) in [6, 6.07) is 7.94. The van der Waals surface area contributed by atoms with Crippen molar-refractivity contribution in [3.8, 4) is 0 Å². The van der Waals surface area contributed by atoms with Crippen LogP contribution in [-0.4, -0.2) is 82.3 Å². The van der Waals surface area contributed by atoms with Crippen LogP contribution in [-0.2, 0) is 28.8 Å². The van der Waals surface area contributed by atoms with Gasteiger partial charge in [-0.15, -0.1) is 0 Å². The van der Waals surface area contributed by atoms with Gasteiger partial charge in [-0.05, 0) is 53.9 Å². The normalized spacial score (nSPS) is 25.5. The number of hydrogen-bond acceptors (Lipinski definition) is 8. The van der Waals surface area contributed by atoms with Crippen molar-refractivity contribution in [1.82, 2.24) is 25.8 Å². The van der Waals surface area contributed by atoms with Crippen LogP contribution in [0.3, 0.4) is 0 Å². The zero-order valence-corrected chi connectivity index (χ0v) is 29.0. The van der Waals surface area contributed by atoms with Gasteiger partial charge >= 0.3 is 0 Å². The third-order valence-corrected chi connectivity index (χ3v) is 10.2. The quantitative estimate of drug-likeness (QED) is 0.306. The van der Waals surface area contributed by atoms with E-state index in [4.69, 9.17) is 16.4 Å². The van der Waals surface area contributed by atoms with E-state index in [9.17, 15) is 24.0 Å². The highest BCUT2D eigenvalue weighted by Crippen LogP contribution is 2.48. The van der Waals surface area contributed by atoms with Crippen molar-refractivity contribution in [2.24, 2.45) is 22.4 Å².